The Labute approximate surface area is 128 Å². The third-order valence-electron chi connectivity index (χ3n) is 3.82. The number of likely N-dealkylation sites (tertiary alicyclic amines) is 1. The minimum absolute atomic E-state index is 0.213. The Morgan fingerprint density at radius 3 is 2.59 bits per heavy atom. The number of carbonyl (C=O) groups is 1. The number of hydrogen-bond donors (Lipinski definition) is 0. The predicted molar refractivity (Wildman–Crippen MR) is 76.6 cm³/mol. The lowest BCUT2D eigenvalue weighted by molar-refractivity contribution is -0.137. The lowest BCUT2D eigenvalue weighted by atomic mass is 9.98. The number of amides is 1. The smallest absolute Gasteiger partial charge is 0.381 e. The van der Waals surface area contributed by atoms with Gasteiger partial charge in [-0.3, -0.25) is 4.79 Å². The van der Waals surface area contributed by atoms with E-state index in [4.69, 9.17) is 4.74 Å². The van der Waals surface area contributed by atoms with Gasteiger partial charge in [-0.15, -0.1) is 0 Å². The molecule has 1 atom stereocenters. The van der Waals surface area contributed by atoms with Crippen LogP contribution in [-0.4, -0.2) is 37.1 Å². The van der Waals surface area contributed by atoms with Crippen molar-refractivity contribution in [3.63, 3.8) is 0 Å². The van der Waals surface area contributed by atoms with Gasteiger partial charge < -0.3 is 9.64 Å². The van der Waals surface area contributed by atoms with Crippen LogP contribution in [0.1, 0.15) is 35.7 Å². The number of nitrogens with zero attached hydrogens (tertiary/aromatic N) is 1. The van der Waals surface area contributed by atoms with Crippen LogP contribution in [0.2, 0.25) is 0 Å². The Morgan fingerprint density at radius 1 is 1.32 bits per heavy atom. The highest BCUT2D eigenvalue weighted by Crippen LogP contribution is 2.29. The summed E-state index contributed by atoms with van der Waals surface area (Å²) in [5, 5.41) is 0. The number of hydrogen-bond acceptors (Lipinski definition) is 2. The summed E-state index contributed by atoms with van der Waals surface area (Å²) in [6, 6.07) is 4.40. The van der Waals surface area contributed by atoms with Gasteiger partial charge in [-0.25, -0.2) is 0 Å². The van der Waals surface area contributed by atoms with E-state index in [2.05, 4.69) is 0 Å². The number of alkyl halides is 3. The molecule has 1 aromatic carbocycles. The van der Waals surface area contributed by atoms with E-state index in [1.54, 1.807) is 4.90 Å². The average Bonchev–Trinajstić information content (AvgIpc) is 2.52. The van der Waals surface area contributed by atoms with Crippen molar-refractivity contribution < 1.29 is 22.7 Å². The maximum absolute atomic E-state index is 12.5. The molecule has 6 heteroatoms. The molecule has 0 aromatic heterocycles. The van der Waals surface area contributed by atoms with Crippen LogP contribution in [0.4, 0.5) is 13.2 Å². The fourth-order valence-corrected chi connectivity index (χ4v) is 2.65. The second-order valence-corrected chi connectivity index (χ2v) is 5.49. The van der Waals surface area contributed by atoms with Crippen LogP contribution >= 0.6 is 0 Å². The molecule has 0 spiro atoms. The molecule has 0 N–H and O–H groups in total. The number of ether oxygens (including phenoxy) is 1. The van der Waals surface area contributed by atoms with Gasteiger partial charge in [0.05, 0.1) is 12.2 Å². The molecule has 1 amide bonds. The Kier molecular flexibility index (Phi) is 5.45. The summed E-state index contributed by atoms with van der Waals surface area (Å²) in [5.41, 5.74) is -0.443. The Bertz CT molecular complexity index is 499. The van der Waals surface area contributed by atoms with Crippen molar-refractivity contribution in [3.8, 4) is 0 Å². The standard InChI is InChI=1S/C16H20F3NO2/c1-2-22-11-12-4-3-9-20(10-12)15(21)13-5-7-14(8-6-13)16(17,18)19/h5-8,12H,2-4,9-11H2,1H3. The Morgan fingerprint density at radius 2 is 2.00 bits per heavy atom. The van der Waals surface area contributed by atoms with Gasteiger partial charge in [0.2, 0.25) is 0 Å². The van der Waals surface area contributed by atoms with Gasteiger partial charge in [-0.2, -0.15) is 13.2 Å². The first-order chi connectivity index (χ1) is 10.4. The number of halogens is 3. The number of benzene rings is 1. The summed E-state index contributed by atoms with van der Waals surface area (Å²) >= 11 is 0. The van der Waals surface area contributed by atoms with Crippen molar-refractivity contribution in [1.29, 1.82) is 0 Å². The topological polar surface area (TPSA) is 29.5 Å². The maximum atomic E-state index is 12.5. The Balaban J connectivity index is 2.01. The minimum atomic E-state index is -4.38. The van der Waals surface area contributed by atoms with Crippen LogP contribution < -0.4 is 0 Å². The molecule has 1 aliphatic rings. The first-order valence-electron chi connectivity index (χ1n) is 7.46. The van der Waals surface area contributed by atoms with E-state index < -0.39 is 11.7 Å². The molecular formula is C16H20F3NO2. The van der Waals surface area contributed by atoms with Crippen LogP contribution in [-0.2, 0) is 10.9 Å². The molecule has 0 radical (unpaired) electrons. The molecule has 1 heterocycles. The average molecular weight is 315 g/mol. The number of piperidine rings is 1. The van der Waals surface area contributed by atoms with Crippen LogP contribution in [0.3, 0.4) is 0 Å². The van der Waals surface area contributed by atoms with E-state index >= 15 is 0 Å². The van der Waals surface area contributed by atoms with Gasteiger partial charge in [0.25, 0.3) is 5.91 Å². The van der Waals surface area contributed by atoms with E-state index in [9.17, 15) is 18.0 Å². The van der Waals surface area contributed by atoms with Crippen molar-refractivity contribution in [1.82, 2.24) is 4.90 Å². The Hall–Kier alpha value is -1.56. The van der Waals surface area contributed by atoms with E-state index in [1.807, 2.05) is 6.92 Å². The van der Waals surface area contributed by atoms with Crippen LogP contribution in [0, 0.1) is 5.92 Å². The largest absolute Gasteiger partial charge is 0.416 e. The van der Waals surface area contributed by atoms with Gasteiger partial charge >= 0.3 is 6.18 Å². The van der Waals surface area contributed by atoms with Gasteiger partial charge in [-0.1, -0.05) is 0 Å². The second-order valence-electron chi connectivity index (χ2n) is 5.49. The highest BCUT2D eigenvalue weighted by Gasteiger charge is 2.31. The normalized spacial score (nSPS) is 19.3. The third-order valence-corrected chi connectivity index (χ3v) is 3.82. The van der Waals surface area contributed by atoms with Gasteiger partial charge in [0.1, 0.15) is 0 Å². The molecule has 2 rings (SSSR count). The summed E-state index contributed by atoms with van der Waals surface area (Å²) in [4.78, 5) is 14.1. The molecule has 1 aromatic rings. The van der Waals surface area contributed by atoms with Crippen LogP contribution in [0.25, 0.3) is 0 Å². The highest BCUT2D eigenvalue weighted by atomic mass is 19.4. The fraction of sp³-hybridized carbons (Fsp3) is 0.562. The number of rotatable bonds is 4. The van der Waals surface area contributed by atoms with Crippen molar-refractivity contribution in [2.24, 2.45) is 5.92 Å². The summed E-state index contributed by atoms with van der Waals surface area (Å²) in [6.07, 6.45) is -2.48. The van der Waals surface area contributed by atoms with E-state index in [-0.39, 0.29) is 5.91 Å². The first-order valence-corrected chi connectivity index (χ1v) is 7.46. The molecule has 1 fully saturated rings. The molecule has 3 nitrogen and oxygen atoms in total. The molecular weight excluding hydrogens is 295 g/mol. The lowest BCUT2D eigenvalue weighted by Gasteiger charge is -2.32. The van der Waals surface area contributed by atoms with E-state index in [0.29, 0.717) is 37.8 Å². The van der Waals surface area contributed by atoms with E-state index in [0.717, 1.165) is 25.0 Å². The molecule has 0 saturated carbocycles. The van der Waals surface area contributed by atoms with Crippen LogP contribution in [0.15, 0.2) is 24.3 Å². The molecule has 0 bridgehead atoms. The first kappa shape index (κ1) is 16.8. The number of carbonyl (C=O) groups excluding carboxylic acids is 1. The lowest BCUT2D eigenvalue weighted by Crippen LogP contribution is -2.41. The van der Waals surface area contributed by atoms with Gasteiger partial charge in [0, 0.05) is 25.3 Å². The molecule has 1 saturated heterocycles. The van der Waals surface area contributed by atoms with Crippen molar-refractivity contribution >= 4 is 5.91 Å². The third kappa shape index (κ3) is 4.22. The van der Waals surface area contributed by atoms with Gasteiger partial charge in [0.15, 0.2) is 0 Å². The zero-order chi connectivity index (χ0) is 16.2. The molecule has 22 heavy (non-hydrogen) atoms. The molecule has 1 unspecified atom stereocenters. The fourth-order valence-electron chi connectivity index (χ4n) is 2.65. The zero-order valence-electron chi connectivity index (χ0n) is 12.5. The molecule has 1 aliphatic heterocycles. The van der Waals surface area contributed by atoms with E-state index in [1.165, 1.54) is 12.1 Å². The SMILES string of the molecule is CCOCC1CCCN(C(=O)c2ccc(C(F)(F)F)cc2)C1. The quantitative estimate of drug-likeness (QED) is 0.850. The maximum Gasteiger partial charge on any atom is 0.416 e. The summed E-state index contributed by atoms with van der Waals surface area (Å²) in [6.45, 7) is 4.42. The van der Waals surface area contributed by atoms with Crippen LogP contribution in [0.5, 0.6) is 0 Å². The van der Waals surface area contributed by atoms with Crippen molar-refractivity contribution in [2.75, 3.05) is 26.3 Å². The predicted octanol–water partition coefficient (Wildman–Crippen LogP) is 3.59. The summed E-state index contributed by atoms with van der Waals surface area (Å²) < 4.78 is 43.0. The second kappa shape index (κ2) is 7.13. The molecule has 0 aliphatic carbocycles. The summed E-state index contributed by atoms with van der Waals surface area (Å²) in [7, 11) is 0. The molecule has 122 valence electrons. The minimum Gasteiger partial charge on any atom is -0.381 e. The van der Waals surface area contributed by atoms with Crippen molar-refractivity contribution in [2.45, 2.75) is 25.9 Å². The summed E-state index contributed by atoms with van der Waals surface area (Å²) in [5.74, 6) is 0.0852. The zero-order valence-corrected chi connectivity index (χ0v) is 12.5. The van der Waals surface area contributed by atoms with Crippen molar-refractivity contribution in [3.05, 3.63) is 35.4 Å². The monoisotopic (exact) mass is 315 g/mol. The van der Waals surface area contributed by atoms with Gasteiger partial charge in [-0.05, 0) is 49.9 Å². The highest BCUT2D eigenvalue weighted by molar-refractivity contribution is 5.94.